The Morgan fingerprint density at radius 1 is 0.566 bits per heavy atom. The molecular weight excluding hydrogens is 711 g/mol. The van der Waals surface area contributed by atoms with Gasteiger partial charge in [0.05, 0.1) is 35.0 Å². The van der Waals surface area contributed by atoms with Crippen LogP contribution >= 0.6 is 7.82 Å². The molecule has 53 heavy (non-hydrogen) atoms. The smallest absolute Gasteiger partial charge is 0.469 e. The molecule has 0 bridgehead atoms. The monoisotopic (exact) mass is 766 g/mol. The summed E-state index contributed by atoms with van der Waals surface area (Å²) >= 11 is 0. The van der Waals surface area contributed by atoms with Crippen molar-refractivity contribution in [3.8, 4) is 94.7 Å². The van der Waals surface area contributed by atoms with Crippen LogP contribution in [0.1, 0.15) is 40.7 Å². The molecule has 2 aliphatic rings. The molecule has 0 fully saturated rings. The Labute approximate surface area is 326 Å². The lowest BCUT2D eigenvalue weighted by Gasteiger charge is -2.20. The molecule has 2 N–H and O–H groups in total. The molecule has 2 aliphatic carbocycles. The van der Waals surface area contributed by atoms with E-state index in [9.17, 15) is 28.5 Å². The highest BCUT2D eigenvalue weighted by atomic mass is 31.2. The van der Waals surface area contributed by atoms with E-state index in [0.717, 1.165) is 0 Å². The fourth-order valence-corrected chi connectivity index (χ4v) is 3.87. The maximum atomic E-state index is 12.4. The first kappa shape index (κ1) is 43.9. The number of ketones is 4. The topological polar surface area (TPSA) is 198 Å². The van der Waals surface area contributed by atoms with Crippen molar-refractivity contribution in [3.63, 3.8) is 0 Å². The van der Waals surface area contributed by atoms with Crippen LogP contribution in [-0.4, -0.2) is 80.5 Å². The second-order valence-electron chi connectivity index (χ2n) is 9.12. The molecule has 15 heteroatoms. The normalized spacial score (nSPS) is 12.8. The highest BCUT2D eigenvalue weighted by molar-refractivity contribution is 7.46. The second-order valence-corrected chi connectivity index (χ2v) is 10.4. The third-order valence-corrected chi connectivity index (χ3v) is 6.48. The van der Waals surface area contributed by atoms with E-state index in [2.05, 4.69) is 99.3 Å². The van der Waals surface area contributed by atoms with Crippen LogP contribution in [0.25, 0.3) is 0 Å². The number of carbonyl (C=O) groups is 5. The van der Waals surface area contributed by atoms with Crippen LogP contribution < -0.4 is 0 Å². The van der Waals surface area contributed by atoms with Crippen molar-refractivity contribution in [2.75, 3.05) is 41.7 Å². The Morgan fingerprint density at radius 2 is 0.887 bits per heavy atom. The largest absolute Gasteiger partial charge is 0.489 e. The Hall–Kier alpha value is -7.10. The van der Waals surface area contributed by atoms with Crippen LogP contribution in [0.15, 0.2) is 45.3 Å². The lowest BCUT2D eigenvalue weighted by Crippen LogP contribution is -2.27. The van der Waals surface area contributed by atoms with Gasteiger partial charge in [-0.1, -0.05) is 5.92 Å². The molecule has 0 aliphatic heterocycles. The molecule has 0 amide bonds. The first-order valence-electron chi connectivity index (χ1n) is 14.2. The zero-order valence-electron chi connectivity index (χ0n) is 29.2. The standard InChI is InChI=1S/C28H14O6.C10H13O8P.14H2/c1-5-6-7-8-9-10-11-12-13-14-15-16-17-18-19-20-24(29)34-21-23-22(2)25(30)27(32-3)28(33-4)26(23)31;1-5-6(4-18-19(13,14)15)8(12)10(17-3)9(16-2)7(5)11;;;;;;;;;;;;;;/h21H2,1-4H3;4H2,1-3H3,(H2,13,14,15);14*1H. The summed E-state index contributed by atoms with van der Waals surface area (Å²) in [4.78, 5) is 77.5. The summed E-state index contributed by atoms with van der Waals surface area (Å²) in [5.74, 6) is 34.4. The van der Waals surface area contributed by atoms with Crippen molar-refractivity contribution in [1.82, 2.24) is 0 Å². The average molecular weight is 767 g/mol. The minimum absolute atomic E-state index is 0. The fourth-order valence-electron chi connectivity index (χ4n) is 3.57. The lowest BCUT2D eigenvalue weighted by molar-refractivity contribution is -0.136. The highest BCUT2D eigenvalue weighted by Crippen LogP contribution is 2.37. The van der Waals surface area contributed by atoms with Crippen molar-refractivity contribution < 1.29 is 86.5 Å². The first-order chi connectivity index (χ1) is 25.2. The van der Waals surface area contributed by atoms with Crippen molar-refractivity contribution in [2.24, 2.45) is 0 Å². The number of phosphoric acid groups is 1. The van der Waals surface area contributed by atoms with Crippen molar-refractivity contribution in [2.45, 2.75) is 20.8 Å². The van der Waals surface area contributed by atoms with Gasteiger partial charge in [0, 0.05) is 48.2 Å². The van der Waals surface area contributed by atoms with Gasteiger partial charge in [-0.15, -0.1) is 0 Å². The molecule has 0 aromatic heterocycles. The molecular formula is C38H55O14P. The van der Waals surface area contributed by atoms with Gasteiger partial charge < -0.3 is 33.5 Å². The predicted octanol–water partition coefficient (Wildman–Crippen LogP) is 4.06. The summed E-state index contributed by atoms with van der Waals surface area (Å²) < 4.78 is 39.2. The summed E-state index contributed by atoms with van der Waals surface area (Å²) in [7, 11) is 0.131. The first-order valence-corrected chi connectivity index (χ1v) is 15.8. The van der Waals surface area contributed by atoms with Crippen LogP contribution in [0.3, 0.4) is 0 Å². The van der Waals surface area contributed by atoms with E-state index in [4.69, 9.17) is 33.5 Å². The number of Topliss-reactive ketones (excluding diaryl/α,β-unsaturated/α-hetero) is 4. The maximum absolute atomic E-state index is 12.4. The number of ether oxygens (including phenoxy) is 5. The number of rotatable bonds is 9. The van der Waals surface area contributed by atoms with Gasteiger partial charge in [0.2, 0.25) is 46.2 Å². The Kier molecular flexibility index (Phi) is 18.7. The Morgan fingerprint density at radius 3 is 1.23 bits per heavy atom. The van der Waals surface area contributed by atoms with Gasteiger partial charge in [0.25, 0.3) is 0 Å². The summed E-state index contributed by atoms with van der Waals surface area (Å²) in [5.41, 5.74) is -0.116. The van der Waals surface area contributed by atoms with Gasteiger partial charge >= 0.3 is 13.8 Å². The van der Waals surface area contributed by atoms with E-state index in [-0.39, 0.29) is 65.3 Å². The van der Waals surface area contributed by atoms with E-state index in [0.29, 0.717) is 0 Å². The van der Waals surface area contributed by atoms with Gasteiger partial charge in [-0.3, -0.25) is 23.7 Å². The van der Waals surface area contributed by atoms with Crippen LogP contribution in [0.2, 0.25) is 0 Å². The molecule has 296 valence electrons. The zero-order chi connectivity index (χ0) is 40.0. The summed E-state index contributed by atoms with van der Waals surface area (Å²) in [5, 5.41) is 0. The molecule has 0 radical (unpaired) electrons. The van der Waals surface area contributed by atoms with Gasteiger partial charge in [-0.2, -0.15) is 0 Å². The Balaban J connectivity index is -0.0000000630. The zero-order valence-corrected chi connectivity index (χ0v) is 30.0. The van der Waals surface area contributed by atoms with Crippen LogP contribution in [0.4, 0.5) is 0 Å². The van der Waals surface area contributed by atoms with Gasteiger partial charge in [-0.05, 0) is 104 Å². The molecule has 0 spiro atoms. The van der Waals surface area contributed by atoms with Crippen molar-refractivity contribution >= 4 is 36.9 Å². The molecule has 0 aromatic rings. The van der Waals surface area contributed by atoms with Crippen LogP contribution in [0.5, 0.6) is 0 Å². The molecule has 0 atom stereocenters. The lowest BCUT2D eigenvalue weighted by atomic mass is 9.93. The molecule has 0 saturated heterocycles. The minimum Gasteiger partial charge on any atom is -0.489 e. The SMILES string of the molecule is CC#CC#CC#CC#CC#CC#CC#CC#CC(=O)OCC1=C(C)C(=O)C(OC)=C(OC)C1=O.COC1=C(OC)C(=O)C(COP(=O)(O)O)=C(C)C1=O.[HH].[HH].[HH].[HH].[HH].[HH].[HH].[HH].[HH].[HH].[HH].[HH].[HH].[HH]. The van der Waals surface area contributed by atoms with Crippen LogP contribution in [-0.2, 0) is 56.7 Å². The van der Waals surface area contributed by atoms with Gasteiger partial charge in [0.15, 0.2) is 0 Å². The maximum Gasteiger partial charge on any atom is 0.469 e. The third kappa shape index (κ3) is 14.0. The quantitative estimate of drug-likeness (QED) is 0.112. The summed E-state index contributed by atoms with van der Waals surface area (Å²) in [6.45, 7) is 3.28. The number of esters is 1. The molecule has 0 unspecified atom stereocenters. The summed E-state index contributed by atoms with van der Waals surface area (Å²) in [6, 6.07) is 0. The number of hydrogen-bond acceptors (Lipinski definition) is 12. The van der Waals surface area contributed by atoms with Crippen LogP contribution in [0, 0.1) is 94.7 Å². The number of allylic oxidation sites excluding steroid dienone is 4. The summed E-state index contributed by atoms with van der Waals surface area (Å²) in [6.07, 6.45) is 0. The average Bonchev–Trinajstić information content (AvgIpc) is 3.12. The molecule has 2 rings (SSSR count). The fraction of sp³-hybridized carbons (Fsp3) is 0.237. The molecule has 14 nitrogen and oxygen atoms in total. The van der Waals surface area contributed by atoms with E-state index in [1.54, 1.807) is 6.92 Å². The third-order valence-electron chi connectivity index (χ3n) is 6.02. The minimum atomic E-state index is -4.74. The van der Waals surface area contributed by atoms with Gasteiger partial charge in [-0.25, -0.2) is 9.36 Å². The molecule has 0 heterocycles. The van der Waals surface area contributed by atoms with Crippen molar-refractivity contribution in [1.29, 1.82) is 0 Å². The number of phosphoric ester groups is 1. The van der Waals surface area contributed by atoms with E-state index < -0.39 is 50.1 Å². The number of carbonyl (C=O) groups excluding carboxylic acids is 5. The van der Waals surface area contributed by atoms with E-state index in [1.807, 2.05) is 0 Å². The van der Waals surface area contributed by atoms with E-state index >= 15 is 0 Å². The molecule has 0 aromatic carbocycles. The molecule has 0 saturated carbocycles. The number of hydrogen-bond donors (Lipinski definition) is 2. The number of methoxy groups -OCH3 is 4. The van der Waals surface area contributed by atoms with E-state index in [1.165, 1.54) is 42.3 Å². The van der Waals surface area contributed by atoms with Crippen molar-refractivity contribution in [3.05, 3.63) is 45.3 Å². The second kappa shape index (κ2) is 22.6. The predicted molar refractivity (Wildman–Crippen MR) is 214 cm³/mol. The highest BCUT2D eigenvalue weighted by Gasteiger charge is 2.36. The van der Waals surface area contributed by atoms with Gasteiger partial charge in [0.1, 0.15) is 6.61 Å². The Bertz CT molecular complexity index is 2340.